The standard InChI is InChI=1S/C12H21NO/c1-9(2)13-8-12(5-4-6-12)7-11(13)10(3)14/h9,11H,4-8H2,1-3H3. The van der Waals surface area contributed by atoms with Crippen LogP contribution in [0.25, 0.3) is 0 Å². The Morgan fingerprint density at radius 3 is 2.36 bits per heavy atom. The van der Waals surface area contributed by atoms with Gasteiger partial charge in [-0.1, -0.05) is 6.42 Å². The van der Waals surface area contributed by atoms with E-state index in [4.69, 9.17) is 0 Å². The number of carbonyl (C=O) groups excluding carboxylic acids is 1. The van der Waals surface area contributed by atoms with Gasteiger partial charge in [0.15, 0.2) is 0 Å². The lowest BCUT2D eigenvalue weighted by Gasteiger charge is -2.38. The van der Waals surface area contributed by atoms with E-state index < -0.39 is 0 Å². The zero-order valence-corrected chi connectivity index (χ0v) is 9.55. The number of hydrogen-bond acceptors (Lipinski definition) is 2. The number of nitrogens with zero attached hydrogens (tertiary/aromatic N) is 1. The van der Waals surface area contributed by atoms with Crippen molar-refractivity contribution >= 4 is 5.78 Å². The van der Waals surface area contributed by atoms with Gasteiger partial charge in [-0.2, -0.15) is 0 Å². The molecule has 2 nitrogen and oxygen atoms in total. The summed E-state index contributed by atoms with van der Waals surface area (Å²) in [7, 11) is 0. The Balaban J connectivity index is 2.11. The molecule has 2 aliphatic rings. The first-order chi connectivity index (χ1) is 6.54. The van der Waals surface area contributed by atoms with Crippen molar-refractivity contribution in [3.8, 4) is 0 Å². The second-order valence-corrected chi connectivity index (χ2v) is 5.45. The van der Waals surface area contributed by atoms with E-state index in [0.29, 0.717) is 17.2 Å². The molecule has 0 aromatic rings. The first-order valence-electron chi connectivity index (χ1n) is 5.80. The van der Waals surface area contributed by atoms with E-state index in [9.17, 15) is 4.79 Å². The van der Waals surface area contributed by atoms with E-state index in [0.717, 1.165) is 13.0 Å². The molecular weight excluding hydrogens is 174 g/mol. The highest BCUT2D eigenvalue weighted by Gasteiger charge is 2.49. The summed E-state index contributed by atoms with van der Waals surface area (Å²) in [4.78, 5) is 14.0. The third-order valence-electron chi connectivity index (χ3n) is 4.09. The predicted octanol–water partition coefficient (Wildman–Crippen LogP) is 2.23. The summed E-state index contributed by atoms with van der Waals surface area (Å²) in [6.45, 7) is 7.31. The number of likely N-dealkylation sites (tertiary alicyclic amines) is 1. The molecule has 2 heteroatoms. The minimum atomic E-state index is 0.218. The topological polar surface area (TPSA) is 20.3 Å². The number of carbonyl (C=O) groups is 1. The Bertz CT molecular complexity index is 243. The molecule has 1 spiro atoms. The van der Waals surface area contributed by atoms with E-state index in [1.54, 1.807) is 6.92 Å². The molecule has 1 saturated heterocycles. The fraction of sp³-hybridized carbons (Fsp3) is 0.917. The number of ketones is 1. The lowest BCUT2D eigenvalue weighted by Crippen LogP contribution is -2.40. The second kappa shape index (κ2) is 3.34. The summed E-state index contributed by atoms with van der Waals surface area (Å²) >= 11 is 0. The van der Waals surface area contributed by atoms with Crippen molar-refractivity contribution in [1.29, 1.82) is 0 Å². The van der Waals surface area contributed by atoms with Crippen LogP contribution in [-0.2, 0) is 4.79 Å². The summed E-state index contributed by atoms with van der Waals surface area (Å²) < 4.78 is 0. The van der Waals surface area contributed by atoms with Crippen LogP contribution in [0.5, 0.6) is 0 Å². The molecule has 14 heavy (non-hydrogen) atoms. The summed E-state index contributed by atoms with van der Waals surface area (Å²) in [6, 6.07) is 0.735. The molecule has 0 bridgehead atoms. The first-order valence-corrected chi connectivity index (χ1v) is 5.80. The molecule has 0 radical (unpaired) electrons. The summed E-state index contributed by atoms with van der Waals surface area (Å²) in [5, 5.41) is 0. The van der Waals surface area contributed by atoms with Gasteiger partial charge in [-0.05, 0) is 45.4 Å². The van der Waals surface area contributed by atoms with Crippen LogP contribution in [0.3, 0.4) is 0 Å². The largest absolute Gasteiger partial charge is 0.298 e. The predicted molar refractivity (Wildman–Crippen MR) is 57.2 cm³/mol. The molecule has 1 unspecified atom stereocenters. The highest BCUT2D eigenvalue weighted by atomic mass is 16.1. The highest BCUT2D eigenvalue weighted by molar-refractivity contribution is 5.82. The average molecular weight is 195 g/mol. The molecule has 1 heterocycles. The van der Waals surface area contributed by atoms with Crippen LogP contribution in [0.2, 0.25) is 0 Å². The van der Waals surface area contributed by atoms with E-state index >= 15 is 0 Å². The molecular formula is C12H21NO. The van der Waals surface area contributed by atoms with Gasteiger partial charge in [0.2, 0.25) is 0 Å². The maximum atomic E-state index is 11.5. The molecule has 1 saturated carbocycles. The smallest absolute Gasteiger partial charge is 0.146 e. The van der Waals surface area contributed by atoms with Crippen LogP contribution in [0.1, 0.15) is 46.5 Å². The van der Waals surface area contributed by atoms with E-state index in [1.807, 2.05) is 0 Å². The van der Waals surface area contributed by atoms with Crippen LogP contribution >= 0.6 is 0 Å². The summed E-state index contributed by atoms with van der Waals surface area (Å²) in [5.41, 5.74) is 0.528. The van der Waals surface area contributed by atoms with Gasteiger partial charge in [-0.15, -0.1) is 0 Å². The Hall–Kier alpha value is -0.370. The molecule has 80 valence electrons. The third-order valence-corrected chi connectivity index (χ3v) is 4.09. The Morgan fingerprint density at radius 2 is 2.07 bits per heavy atom. The third kappa shape index (κ3) is 1.50. The van der Waals surface area contributed by atoms with E-state index in [-0.39, 0.29) is 6.04 Å². The van der Waals surface area contributed by atoms with Crippen molar-refractivity contribution in [3.05, 3.63) is 0 Å². The van der Waals surface area contributed by atoms with Gasteiger partial charge in [0, 0.05) is 12.6 Å². The fourth-order valence-corrected chi connectivity index (χ4v) is 3.05. The molecule has 2 fully saturated rings. The molecule has 0 amide bonds. The van der Waals surface area contributed by atoms with Crippen LogP contribution in [0.15, 0.2) is 0 Å². The number of hydrogen-bond donors (Lipinski definition) is 0. The Labute approximate surface area is 86.7 Å². The van der Waals surface area contributed by atoms with Crippen molar-refractivity contribution in [2.45, 2.75) is 58.5 Å². The van der Waals surface area contributed by atoms with Crippen LogP contribution < -0.4 is 0 Å². The summed E-state index contributed by atoms with van der Waals surface area (Å²) in [5.74, 6) is 0.363. The maximum Gasteiger partial charge on any atom is 0.146 e. The zero-order valence-electron chi connectivity index (χ0n) is 9.55. The van der Waals surface area contributed by atoms with E-state index in [2.05, 4.69) is 18.7 Å². The quantitative estimate of drug-likeness (QED) is 0.673. The van der Waals surface area contributed by atoms with Gasteiger partial charge in [0.1, 0.15) is 5.78 Å². The van der Waals surface area contributed by atoms with Gasteiger partial charge >= 0.3 is 0 Å². The van der Waals surface area contributed by atoms with Crippen molar-refractivity contribution in [2.75, 3.05) is 6.54 Å². The minimum Gasteiger partial charge on any atom is -0.298 e. The van der Waals surface area contributed by atoms with Crippen LogP contribution in [-0.4, -0.2) is 29.3 Å². The average Bonchev–Trinajstić information content (AvgIpc) is 2.42. The van der Waals surface area contributed by atoms with Gasteiger partial charge in [-0.25, -0.2) is 0 Å². The molecule has 2 rings (SSSR count). The van der Waals surface area contributed by atoms with Gasteiger partial charge < -0.3 is 0 Å². The number of rotatable bonds is 2. The van der Waals surface area contributed by atoms with Crippen molar-refractivity contribution in [2.24, 2.45) is 5.41 Å². The van der Waals surface area contributed by atoms with Crippen molar-refractivity contribution in [1.82, 2.24) is 4.90 Å². The van der Waals surface area contributed by atoms with Crippen LogP contribution in [0.4, 0.5) is 0 Å². The van der Waals surface area contributed by atoms with Crippen molar-refractivity contribution < 1.29 is 4.79 Å². The van der Waals surface area contributed by atoms with E-state index in [1.165, 1.54) is 19.3 Å². The minimum absolute atomic E-state index is 0.218. The molecule has 1 aliphatic carbocycles. The zero-order chi connectivity index (χ0) is 10.3. The van der Waals surface area contributed by atoms with Gasteiger partial charge in [0.25, 0.3) is 0 Å². The monoisotopic (exact) mass is 195 g/mol. The van der Waals surface area contributed by atoms with Crippen molar-refractivity contribution in [3.63, 3.8) is 0 Å². The highest BCUT2D eigenvalue weighted by Crippen LogP contribution is 2.50. The fourth-order valence-electron chi connectivity index (χ4n) is 3.05. The Morgan fingerprint density at radius 1 is 1.43 bits per heavy atom. The number of Topliss-reactive ketones (excluding diaryl/α,β-unsaturated/α-hetero) is 1. The first kappa shape index (κ1) is 10.2. The normalized spacial score (nSPS) is 31.0. The maximum absolute atomic E-state index is 11.5. The SMILES string of the molecule is CC(=O)C1CC2(CCC2)CN1C(C)C. The lowest BCUT2D eigenvalue weighted by atomic mass is 9.67. The van der Waals surface area contributed by atoms with Gasteiger partial charge in [0.05, 0.1) is 6.04 Å². The second-order valence-electron chi connectivity index (χ2n) is 5.45. The Kier molecular flexibility index (Phi) is 2.42. The van der Waals surface area contributed by atoms with Crippen LogP contribution in [0, 0.1) is 5.41 Å². The molecule has 1 atom stereocenters. The summed E-state index contributed by atoms with van der Waals surface area (Å²) in [6.07, 6.45) is 5.19. The molecule has 0 N–H and O–H groups in total. The molecule has 1 aliphatic heterocycles. The van der Waals surface area contributed by atoms with Gasteiger partial charge in [-0.3, -0.25) is 9.69 Å². The lowest BCUT2D eigenvalue weighted by molar-refractivity contribution is -0.121. The molecule has 0 aromatic heterocycles. The molecule has 0 aromatic carbocycles.